The van der Waals surface area contributed by atoms with Crippen LogP contribution in [0, 0.1) is 23.0 Å². The third-order valence-electron chi connectivity index (χ3n) is 3.42. The molecule has 0 radical (unpaired) electrons. The molecule has 0 spiro atoms. The summed E-state index contributed by atoms with van der Waals surface area (Å²) in [6.07, 6.45) is 1.07. The zero-order chi connectivity index (χ0) is 14.7. The van der Waals surface area contributed by atoms with Gasteiger partial charge in [0.2, 0.25) is 11.8 Å². The molecule has 9 nitrogen and oxygen atoms in total. The average Bonchev–Trinajstić information content (AvgIpc) is 2.81. The fourth-order valence-corrected chi connectivity index (χ4v) is 2.41. The summed E-state index contributed by atoms with van der Waals surface area (Å²) in [5.41, 5.74) is 2.50. The van der Waals surface area contributed by atoms with E-state index >= 15 is 0 Å². The van der Waals surface area contributed by atoms with E-state index in [-0.39, 0.29) is 23.1 Å². The number of likely N-dealkylation sites (tertiary alicyclic amines) is 1. The number of nitro groups is 1. The molecule has 1 aliphatic rings. The zero-order valence-electron chi connectivity index (χ0n) is 11.6. The highest BCUT2D eigenvalue weighted by Crippen LogP contribution is 2.27. The molecule has 110 valence electrons. The first-order valence-corrected chi connectivity index (χ1v) is 6.43. The van der Waals surface area contributed by atoms with Gasteiger partial charge in [0.15, 0.2) is 0 Å². The van der Waals surface area contributed by atoms with Gasteiger partial charge >= 0.3 is 5.69 Å². The second kappa shape index (κ2) is 5.97. The number of hydrogen-bond donors (Lipinski definition) is 3. The van der Waals surface area contributed by atoms with Crippen LogP contribution in [0.5, 0.6) is 0 Å². The number of hydrogen-bond acceptors (Lipinski definition) is 8. The lowest BCUT2D eigenvalue weighted by atomic mass is 10.1. The van der Waals surface area contributed by atoms with Crippen LogP contribution in [0.2, 0.25) is 0 Å². The smallest absolute Gasteiger partial charge is 0.332 e. The van der Waals surface area contributed by atoms with E-state index in [1.807, 2.05) is 0 Å². The molecule has 1 saturated heterocycles. The predicted molar refractivity (Wildman–Crippen MR) is 75.3 cm³/mol. The maximum Gasteiger partial charge on any atom is 0.332 e. The van der Waals surface area contributed by atoms with E-state index < -0.39 is 4.92 Å². The summed E-state index contributed by atoms with van der Waals surface area (Å²) >= 11 is 0. The molecule has 0 aliphatic carbocycles. The van der Waals surface area contributed by atoms with E-state index in [9.17, 15) is 10.1 Å². The topological polar surface area (TPSA) is 122 Å². The molecule has 1 unspecified atom stereocenters. The van der Waals surface area contributed by atoms with Gasteiger partial charge in [0.1, 0.15) is 5.69 Å². The number of aromatic nitrogens is 2. The van der Waals surface area contributed by atoms with Crippen LogP contribution < -0.4 is 16.6 Å². The molecule has 0 saturated carbocycles. The predicted octanol–water partition coefficient (Wildman–Crippen LogP) is 0.342. The van der Waals surface area contributed by atoms with E-state index in [0.717, 1.165) is 19.5 Å². The summed E-state index contributed by atoms with van der Waals surface area (Å²) < 4.78 is 0. The Labute approximate surface area is 116 Å². The molecule has 1 aromatic rings. The molecular formula is C11H19N7O2. The molecule has 1 fully saturated rings. The van der Waals surface area contributed by atoms with Crippen LogP contribution in [0.1, 0.15) is 12.1 Å². The van der Waals surface area contributed by atoms with Crippen LogP contribution in [0.4, 0.5) is 17.5 Å². The van der Waals surface area contributed by atoms with Crippen molar-refractivity contribution in [3.05, 3.63) is 15.8 Å². The van der Waals surface area contributed by atoms with Crippen LogP contribution in [0.15, 0.2) is 0 Å². The molecule has 2 rings (SSSR count). The molecule has 20 heavy (non-hydrogen) atoms. The van der Waals surface area contributed by atoms with E-state index in [1.54, 1.807) is 6.92 Å². The Morgan fingerprint density at radius 3 is 2.85 bits per heavy atom. The van der Waals surface area contributed by atoms with Crippen molar-refractivity contribution >= 4 is 17.5 Å². The minimum atomic E-state index is -0.473. The van der Waals surface area contributed by atoms with Crippen LogP contribution in [-0.2, 0) is 0 Å². The Hall–Kier alpha value is -2.00. The maximum atomic E-state index is 11.1. The number of nitrogens with one attached hydrogen (secondary N) is 2. The fraction of sp³-hybridized carbons (Fsp3) is 0.636. The van der Waals surface area contributed by atoms with Crippen LogP contribution in [-0.4, -0.2) is 46.5 Å². The lowest BCUT2D eigenvalue weighted by Crippen LogP contribution is -2.21. The molecule has 9 heteroatoms. The zero-order valence-corrected chi connectivity index (χ0v) is 11.6. The highest BCUT2D eigenvalue weighted by molar-refractivity contribution is 5.60. The van der Waals surface area contributed by atoms with Gasteiger partial charge < -0.3 is 10.2 Å². The van der Waals surface area contributed by atoms with Crippen molar-refractivity contribution < 1.29 is 4.92 Å². The highest BCUT2D eigenvalue weighted by atomic mass is 16.6. The fourth-order valence-electron chi connectivity index (χ4n) is 2.41. The van der Waals surface area contributed by atoms with Gasteiger partial charge in [-0.3, -0.25) is 15.5 Å². The standard InChI is InChI=1S/C11H19N7O2/c1-7-9(18(19)20)10(15-11(14-7)16-12)13-5-8-3-4-17(2)6-8/h8H,3-6,12H2,1-2H3,(H2,13,14,15,16). The van der Waals surface area contributed by atoms with E-state index in [2.05, 4.69) is 32.7 Å². The largest absolute Gasteiger partial charge is 0.364 e. The van der Waals surface area contributed by atoms with E-state index in [0.29, 0.717) is 12.5 Å². The Bertz CT molecular complexity index is 508. The first kappa shape index (κ1) is 14.4. The molecule has 4 N–H and O–H groups in total. The van der Waals surface area contributed by atoms with Crippen molar-refractivity contribution in [3.63, 3.8) is 0 Å². The van der Waals surface area contributed by atoms with Gasteiger partial charge in [-0.05, 0) is 32.9 Å². The summed E-state index contributed by atoms with van der Waals surface area (Å²) in [6, 6.07) is 0. The Morgan fingerprint density at radius 2 is 2.30 bits per heavy atom. The number of nitrogens with zero attached hydrogens (tertiary/aromatic N) is 4. The molecule has 0 bridgehead atoms. The number of aryl methyl sites for hydroxylation is 1. The number of hydrazine groups is 1. The van der Waals surface area contributed by atoms with Crippen molar-refractivity contribution in [2.24, 2.45) is 11.8 Å². The number of nitrogens with two attached hydrogens (primary N) is 1. The van der Waals surface area contributed by atoms with Crippen LogP contribution in [0.25, 0.3) is 0 Å². The lowest BCUT2D eigenvalue weighted by molar-refractivity contribution is -0.385. The van der Waals surface area contributed by atoms with Gasteiger partial charge in [-0.25, -0.2) is 10.8 Å². The van der Waals surface area contributed by atoms with Crippen LogP contribution >= 0.6 is 0 Å². The number of nitrogen functional groups attached to an aromatic ring is 1. The number of anilines is 2. The minimum absolute atomic E-state index is 0.102. The summed E-state index contributed by atoms with van der Waals surface area (Å²) in [4.78, 5) is 20.8. The van der Waals surface area contributed by atoms with Gasteiger partial charge in [0.05, 0.1) is 4.92 Å². The first-order chi connectivity index (χ1) is 9.51. The summed E-state index contributed by atoms with van der Waals surface area (Å²) in [5, 5.41) is 14.2. The van der Waals surface area contributed by atoms with Crippen molar-refractivity contribution in [3.8, 4) is 0 Å². The summed E-state index contributed by atoms with van der Waals surface area (Å²) in [5.74, 6) is 6.11. The van der Waals surface area contributed by atoms with Crippen molar-refractivity contribution in [1.29, 1.82) is 0 Å². The van der Waals surface area contributed by atoms with Crippen molar-refractivity contribution in [1.82, 2.24) is 14.9 Å². The number of rotatable bonds is 5. The minimum Gasteiger partial charge on any atom is -0.364 e. The Morgan fingerprint density at radius 1 is 1.55 bits per heavy atom. The van der Waals surface area contributed by atoms with Crippen LogP contribution in [0.3, 0.4) is 0 Å². The lowest BCUT2D eigenvalue weighted by Gasteiger charge is -2.13. The van der Waals surface area contributed by atoms with E-state index in [4.69, 9.17) is 5.84 Å². The third kappa shape index (κ3) is 3.11. The molecule has 1 aromatic heterocycles. The Kier molecular flexibility index (Phi) is 4.30. The molecule has 1 aliphatic heterocycles. The molecule has 0 aromatic carbocycles. The van der Waals surface area contributed by atoms with Crippen molar-refractivity contribution in [2.75, 3.05) is 37.4 Å². The highest BCUT2D eigenvalue weighted by Gasteiger charge is 2.24. The average molecular weight is 281 g/mol. The first-order valence-electron chi connectivity index (χ1n) is 6.43. The van der Waals surface area contributed by atoms with Gasteiger partial charge in [0, 0.05) is 13.1 Å². The van der Waals surface area contributed by atoms with Gasteiger partial charge in [-0.2, -0.15) is 4.98 Å². The monoisotopic (exact) mass is 281 g/mol. The third-order valence-corrected chi connectivity index (χ3v) is 3.42. The maximum absolute atomic E-state index is 11.1. The quantitative estimate of drug-likeness (QED) is 0.401. The summed E-state index contributed by atoms with van der Waals surface area (Å²) in [7, 11) is 2.06. The second-order valence-electron chi connectivity index (χ2n) is 5.03. The molecular weight excluding hydrogens is 262 g/mol. The Balaban J connectivity index is 2.16. The SMILES string of the molecule is Cc1nc(NN)nc(NCC2CCN(C)C2)c1[N+](=O)[O-]. The van der Waals surface area contributed by atoms with Gasteiger partial charge in [-0.15, -0.1) is 0 Å². The normalized spacial score (nSPS) is 19.1. The van der Waals surface area contributed by atoms with Crippen molar-refractivity contribution in [2.45, 2.75) is 13.3 Å². The molecule has 1 atom stereocenters. The van der Waals surface area contributed by atoms with Gasteiger partial charge in [0.25, 0.3) is 0 Å². The van der Waals surface area contributed by atoms with Gasteiger partial charge in [-0.1, -0.05) is 0 Å². The summed E-state index contributed by atoms with van der Waals surface area (Å²) in [6.45, 7) is 4.24. The van der Waals surface area contributed by atoms with E-state index in [1.165, 1.54) is 0 Å². The molecule has 2 heterocycles. The second-order valence-corrected chi connectivity index (χ2v) is 5.03. The molecule has 0 amide bonds.